The molecule has 0 radical (unpaired) electrons. The molecule has 88 valence electrons. The molecule has 0 bridgehead atoms. The third-order valence-electron chi connectivity index (χ3n) is 3.41. The van der Waals surface area contributed by atoms with Crippen LogP contribution >= 0.6 is 11.3 Å². The molecule has 1 nitrogen and oxygen atoms in total. The van der Waals surface area contributed by atoms with Crippen molar-refractivity contribution in [3.05, 3.63) is 46.7 Å². The summed E-state index contributed by atoms with van der Waals surface area (Å²) in [5.41, 5.74) is 2.66. The normalized spacial score (nSPS) is 22.6. The van der Waals surface area contributed by atoms with Crippen molar-refractivity contribution in [1.82, 2.24) is 5.32 Å². The van der Waals surface area contributed by atoms with Crippen molar-refractivity contribution in [2.24, 2.45) is 5.92 Å². The molecule has 0 spiro atoms. The van der Waals surface area contributed by atoms with Gasteiger partial charge in [0.15, 0.2) is 0 Å². The Morgan fingerprint density at radius 1 is 1.24 bits per heavy atom. The molecule has 1 saturated carbocycles. The van der Waals surface area contributed by atoms with Crippen LogP contribution in [0.25, 0.3) is 11.1 Å². The number of benzene rings is 1. The molecule has 1 N–H and O–H groups in total. The second-order valence-electron chi connectivity index (χ2n) is 4.87. The van der Waals surface area contributed by atoms with Crippen LogP contribution in [0.3, 0.4) is 0 Å². The van der Waals surface area contributed by atoms with E-state index < -0.39 is 0 Å². The fourth-order valence-corrected chi connectivity index (χ4v) is 2.94. The van der Waals surface area contributed by atoms with Gasteiger partial charge in [-0.05, 0) is 34.9 Å². The first-order valence-electron chi connectivity index (χ1n) is 6.19. The quantitative estimate of drug-likeness (QED) is 0.858. The molecule has 1 heterocycles. The van der Waals surface area contributed by atoms with Crippen LogP contribution in [0.15, 0.2) is 41.8 Å². The molecule has 1 aromatic heterocycles. The Morgan fingerprint density at radius 2 is 2.00 bits per heavy atom. The van der Waals surface area contributed by atoms with Gasteiger partial charge in [-0.2, -0.15) is 0 Å². The van der Waals surface area contributed by atoms with E-state index in [1.807, 2.05) is 11.3 Å². The highest BCUT2D eigenvalue weighted by Crippen LogP contribution is 2.30. The van der Waals surface area contributed by atoms with Crippen molar-refractivity contribution >= 4 is 11.3 Å². The summed E-state index contributed by atoms with van der Waals surface area (Å²) in [7, 11) is 0. The number of hydrogen-bond acceptors (Lipinski definition) is 2. The summed E-state index contributed by atoms with van der Waals surface area (Å²) in [5.74, 6) is 0.878. The van der Waals surface area contributed by atoms with Gasteiger partial charge in [-0.25, -0.2) is 0 Å². The van der Waals surface area contributed by atoms with Gasteiger partial charge < -0.3 is 5.32 Å². The molecule has 17 heavy (non-hydrogen) atoms. The second-order valence-corrected chi connectivity index (χ2v) is 5.86. The van der Waals surface area contributed by atoms with Crippen LogP contribution in [0, 0.1) is 5.92 Å². The van der Waals surface area contributed by atoms with Crippen molar-refractivity contribution in [2.45, 2.75) is 25.9 Å². The number of thiophene rings is 1. The summed E-state index contributed by atoms with van der Waals surface area (Å²) in [6, 6.07) is 13.7. The smallest absolute Gasteiger partial charge is 0.0302 e. The molecule has 1 aliphatic carbocycles. The minimum atomic E-state index is 0.761. The van der Waals surface area contributed by atoms with Crippen LogP contribution in [-0.2, 0) is 6.54 Å². The van der Waals surface area contributed by atoms with E-state index in [1.165, 1.54) is 22.4 Å². The van der Waals surface area contributed by atoms with Gasteiger partial charge >= 0.3 is 0 Å². The molecule has 0 amide bonds. The topological polar surface area (TPSA) is 12.0 Å². The third kappa shape index (κ3) is 2.59. The summed E-state index contributed by atoms with van der Waals surface area (Å²) in [4.78, 5) is 1.43. The maximum Gasteiger partial charge on any atom is 0.0302 e. The maximum atomic E-state index is 3.60. The molecule has 3 rings (SSSR count). The zero-order chi connectivity index (χ0) is 11.7. The van der Waals surface area contributed by atoms with Gasteiger partial charge in [-0.3, -0.25) is 0 Å². The molecule has 2 heteroatoms. The fraction of sp³-hybridized carbons (Fsp3) is 0.333. The van der Waals surface area contributed by atoms with Crippen molar-refractivity contribution in [1.29, 1.82) is 0 Å². The second kappa shape index (κ2) is 4.63. The lowest BCUT2D eigenvalue weighted by atomic mass is 10.1. The van der Waals surface area contributed by atoms with Crippen LogP contribution in [0.4, 0.5) is 0 Å². The number of hydrogen-bond donors (Lipinski definition) is 1. The summed E-state index contributed by atoms with van der Waals surface area (Å²) in [6.45, 7) is 3.33. The van der Waals surface area contributed by atoms with Gasteiger partial charge in [0, 0.05) is 17.5 Å². The van der Waals surface area contributed by atoms with E-state index in [0.717, 1.165) is 18.5 Å². The summed E-state index contributed by atoms with van der Waals surface area (Å²) in [5, 5.41) is 5.85. The number of rotatable bonds is 4. The highest BCUT2D eigenvalue weighted by atomic mass is 32.1. The molecule has 2 unspecified atom stereocenters. The lowest BCUT2D eigenvalue weighted by molar-refractivity contribution is 0.658. The van der Waals surface area contributed by atoms with Gasteiger partial charge in [0.1, 0.15) is 0 Å². The maximum absolute atomic E-state index is 3.60. The van der Waals surface area contributed by atoms with E-state index in [0.29, 0.717) is 0 Å². The molecule has 2 aromatic rings. The first-order valence-corrected chi connectivity index (χ1v) is 7.07. The lowest BCUT2D eigenvalue weighted by Crippen LogP contribution is -2.16. The molecular weight excluding hydrogens is 226 g/mol. The fourth-order valence-electron chi connectivity index (χ4n) is 2.09. The van der Waals surface area contributed by atoms with Gasteiger partial charge in [-0.1, -0.05) is 37.3 Å². The highest BCUT2D eigenvalue weighted by Gasteiger charge is 2.31. The van der Waals surface area contributed by atoms with Gasteiger partial charge in [0.2, 0.25) is 0 Å². The molecule has 1 aromatic carbocycles. The van der Waals surface area contributed by atoms with Crippen LogP contribution in [0.5, 0.6) is 0 Å². The monoisotopic (exact) mass is 243 g/mol. The van der Waals surface area contributed by atoms with Crippen molar-refractivity contribution in [3.63, 3.8) is 0 Å². The zero-order valence-electron chi connectivity index (χ0n) is 10.0. The molecule has 0 saturated heterocycles. The van der Waals surface area contributed by atoms with E-state index in [9.17, 15) is 0 Å². The Morgan fingerprint density at radius 3 is 2.71 bits per heavy atom. The van der Waals surface area contributed by atoms with Gasteiger partial charge in [0.05, 0.1) is 0 Å². The molecule has 1 aliphatic rings. The van der Waals surface area contributed by atoms with Crippen molar-refractivity contribution < 1.29 is 0 Å². The van der Waals surface area contributed by atoms with E-state index in [2.05, 4.69) is 54.0 Å². The lowest BCUT2D eigenvalue weighted by Gasteiger charge is -1.99. The van der Waals surface area contributed by atoms with Crippen LogP contribution in [0.2, 0.25) is 0 Å². The Labute approximate surface area is 106 Å². The van der Waals surface area contributed by atoms with Crippen LogP contribution in [-0.4, -0.2) is 6.04 Å². The van der Waals surface area contributed by atoms with Crippen LogP contribution in [0.1, 0.15) is 18.2 Å². The SMILES string of the molecule is CC1CC1NCc1cc(-c2ccccc2)cs1. The molecular formula is C15H17NS. The minimum Gasteiger partial charge on any atom is -0.309 e. The van der Waals surface area contributed by atoms with E-state index in [1.54, 1.807) is 0 Å². The Hall–Kier alpha value is -1.12. The summed E-state index contributed by atoms with van der Waals surface area (Å²) >= 11 is 1.85. The third-order valence-corrected chi connectivity index (χ3v) is 4.35. The first-order chi connectivity index (χ1) is 8.33. The van der Waals surface area contributed by atoms with Crippen molar-refractivity contribution in [2.75, 3.05) is 0 Å². The number of nitrogens with one attached hydrogen (secondary N) is 1. The highest BCUT2D eigenvalue weighted by molar-refractivity contribution is 7.10. The van der Waals surface area contributed by atoms with E-state index >= 15 is 0 Å². The predicted octanol–water partition coefficient (Wildman–Crippen LogP) is 3.91. The standard InChI is InChI=1S/C15H17NS/c1-11-7-15(11)16-9-14-8-13(10-17-14)12-5-3-2-4-6-12/h2-6,8,10-11,15-16H,7,9H2,1H3. The average Bonchev–Trinajstić information content (AvgIpc) is 2.90. The summed E-state index contributed by atoms with van der Waals surface area (Å²) < 4.78 is 0. The Balaban J connectivity index is 1.66. The molecule has 2 atom stereocenters. The Kier molecular flexibility index (Phi) is 3.00. The predicted molar refractivity (Wildman–Crippen MR) is 74.2 cm³/mol. The zero-order valence-corrected chi connectivity index (χ0v) is 10.8. The van der Waals surface area contributed by atoms with Crippen molar-refractivity contribution in [3.8, 4) is 11.1 Å². The van der Waals surface area contributed by atoms with E-state index in [4.69, 9.17) is 0 Å². The van der Waals surface area contributed by atoms with Gasteiger partial charge in [-0.15, -0.1) is 11.3 Å². The largest absolute Gasteiger partial charge is 0.309 e. The molecule has 0 aliphatic heterocycles. The van der Waals surface area contributed by atoms with Crippen LogP contribution < -0.4 is 5.32 Å². The van der Waals surface area contributed by atoms with Gasteiger partial charge in [0.25, 0.3) is 0 Å². The molecule has 1 fully saturated rings. The average molecular weight is 243 g/mol. The Bertz CT molecular complexity index is 489. The first kappa shape index (κ1) is 11.0. The van der Waals surface area contributed by atoms with E-state index in [-0.39, 0.29) is 0 Å². The summed E-state index contributed by atoms with van der Waals surface area (Å²) in [6.07, 6.45) is 1.34. The minimum absolute atomic E-state index is 0.761.